The highest BCUT2D eigenvalue weighted by Gasteiger charge is 2.14. The number of hydrogen-bond donors (Lipinski definition) is 1. The first-order valence-electron chi connectivity index (χ1n) is 12.1. The Balaban J connectivity index is 1.22. The Morgan fingerprint density at radius 3 is 2.26 bits per heavy atom. The molecule has 0 fully saturated rings. The fourth-order valence-corrected chi connectivity index (χ4v) is 5.10. The zero-order valence-electron chi connectivity index (χ0n) is 20.8. The third kappa shape index (κ3) is 5.30. The molecule has 5 rings (SSSR count). The molecule has 4 nitrogen and oxygen atoms in total. The van der Waals surface area contributed by atoms with Crippen molar-refractivity contribution < 1.29 is 4.42 Å². The molecule has 0 aliphatic carbocycles. The quantitative estimate of drug-likeness (QED) is 0.238. The standard InChI is InChI=1S/C30H31N3OS/c1-20-18-26-28(32-27(33-29(26)35-20)24-15-17-34-19-24)31-16-5-6-21-7-9-22(10-8-21)23-11-13-25(14-12-23)30(2,3)4/h7-15,17-19H,5-6,16H2,1-4H3,(H,31,32,33). The first-order valence-corrected chi connectivity index (χ1v) is 12.9. The Morgan fingerprint density at radius 2 is 1.60 bits per heavy atom. The van der Waals surface area contributed by atoms with Gasteiger partial charge in [-0.1, -0.05) is 69.3 Å². The van der Waals surface area contributed by atoms with Crippen molar-refractivity contribution in [2.24, 2.45) is 0 Å². The fraction of sp³-hybridized carbons (Fsp3) is 0.267. The first kappa shape index (κ1) is 23.3. The molecule has 1 N–H and O–H groups in total. The number of furan rings is 1. The molecular formula is C30H31N3OS. The normalized spacial score (nSPS) is 11.8. The van der Waals surface area contributed by atoms with E-state index in [0.29, 0.717) is 5.82 Å². The summed E-state index contributed by atoms with van der Waals surface area (Å²) in [5.74, 6) is 1.59. The fourth-order valence-electron chi connectivity index (χ4n) is 4.22. The number of hydrogen-bond acceptors (Lipinski definition) is 5. The summed E-state index contributed by atoms with van der Waals surface area (Å²) >= 11 is 1.69. The molecule has 5 heteroatoms. The second-order valence-electron chi connectivity index (χ2n) is 10.0. The Bertz CT molecular complexity index is 1410. The summed E-state index contributed by atoms with van der Waals surface area (Å²) in [6, 6.07) is 21.9. The van der Waals surface area contributed by atoms with Crippen LogP contribution in [-0.2, 0) is 11.8 Å². The highest BCUT2D eigenvalue weighted by molar-refractivity contribution is 7.18. The molecule has 3 heterocycles. The molecule has 3 aromatic heterocycles. The van der Waals surface area contributed by atoms with E-state index in [4.69, 9.17) is 14.4 Å². The van der Waals surface area contributed by atoms with Crippen molar-refractivity contribution in [3.05, 3.63) is 89.2 Å². The van der Waals surface area contributed by atoms with E-state index in [1.165, 1.54) is 27.1 Å². The van der Waals surface area contributed by atoms with Gasteiger partial charge in [0.15, 0.2) is 5.82 Å². The predicted molar refractivity (Wildman–Crippen MR) is 147 cm³/mol. The van der Waals surface area contributed by atoms with Gasteiger partial charge in [-0.3, -0.25) is 0 Å². The second kappa shape index (κ2) is 9.67. The molecule has 0 bridgehead atoms. The Hall–Kier alpha value is -3.44. The lowest BCUT2D eigenvalue weighted by Crippen LogP contribution is -2.10. The zero-order valence-corrected chi connectivity index (χ0v) is 21.6. The summed E-state index contributed by atoms with van der Waals surface area (Å²) in [6.45, 7) is 9.70. The Labute approximate surface area is 211 Å². The third-order valence-corrected chi connectivity index (χ3v) is 7.21. The summed E-state index contributed by atoms with van der Waals surface area (Å²) < 4.78 is 5.23. The van der Waals surface area contributed by atoms with Gasteiger partial charge in [0.2, 0.25) is 0 Å². The Morgan fingerprint density at radius 1 is 0.886 bits per heavy atom. The highest BCUT2D eigenvalue weighted by Crippen LogP contribution is 2.31. The average molecular weight is 482 g/mol. The van der Waals surface area contributed by atoms with Gasteiger partial charge < -0.3 is 9.73 Å². The zero-order chi connectivity index (χ0) is 24.4. The molecule has 5 aromatic rings. The van der Waals surface area contributed by atoms with Crippen LogP contribution in [0.1, 0.15) is 43.2 Å². The number of fused-ring (bicyclic) bond motifs is 1. The predicted octanol–water partition coefficient (Wildman–Crippen LogP) is 8.27. The monoisotopic (exact) mass is 481 g/mol. The van der Waals surface area contributed by atoms with Crippen LogP contribution in [-0.4, -0.2) is 16.5 Å². The van der Waals surface area contributed by atoms with E-state index in [-0.39, 0.29) is 5.41 Å². The minimum atomic E-state index is 0.178. The lowest BCUT2D eigenvalue weighted by atomic mass is 9.86. The molecule has 0 unspecified atom stereocenters. The van der Waals surface area contributed by atoms with Crippen LogP contribution in [0.3, 0.4) is 0 Å². The first-order chi connectivity index (χ1) is 16.9. The van der Waals surface area contributed by atoms with Crippen LogP contribution in [0.25, 0.3) is 32.7 Å². The van der Waals surface area contributed by atoms with Crippen LogP contribution in [0.15, 0.2) is 77.6 Å². The number of benzene rings is 2. The minimum Gasteiger partial charge on any atom is -0.472 e. The number of aryl methyl sites for hydroxylation is 2. The molecule has 0 spiro atoms. The summed E-state index contributed by atoms with van der Waals surface area (Å²) in [5.41, 5.74) is 6.31. The van der Waals surface area contributed by atoms with Crippen LogP contribution in [0.2, 0.25) is 0 Å². The van der Waals surface area contributed by atoms with Gasteiger partial charge in [-0.15, -0.1) is 11.3 Å². The number of nitrogens with one attached hydrogen (secondary N) is 1. The molecule has 0 radical (unpaired) electrons. The number of thiophene rings is 1. The molecule has 0 aliphatic heterocycles. The average Bonchev–Trinajstić information content (AvgIpc) is 3.51. The maximum Gasteiger partial charge on any atom is 0.166 e. The van der Waals surface area contributed by atoms with E-state index in [2.05, 4.69) is 87.6 Å². The van der Waals surface area contributed by atoms with Crippen molar-refractivity contribution in [3.63, 3.8) is 0 Å². The molecule has 178 valence electrons. The molecule has 0 aliphatic rings. The van der Waals surface area contributed by atoms with Gasteiger partial charge in [-0.05, 0) is 59.6 Å². The van der Waals surface area contributed by atoms with Crippen LogP contribution >= 0.6 is 11.3 Å². The smallest absolute Gasteiger partial charge is 0.166 e. The van der Waals surface area contributed by atoms with Crippen molar-refractivity contribution >= 4 is 27.4 Å². The maximum atomic E-state index is 5.23. The maximum absolute atomic E-state index is 5.23. The lowest BCUT2D eigenvalue weighted by Gasteiger charge is -2.19. The van der Waals surface area contributed by atoms with Crippen molar-refractivity contribution in [1.29, 1.82) is 0 Å². The van der Waals surface area contributed by atoms with Crippen LogP contribution in [0.4, 0.5) is 5.82 Å². The van der Waals surface area contributed by atoms with Gasteiger partial charge in [-0.25, -0.2) is 9.97 Å². The van der Waals surface area contributed by atoms with Crippen LogP contribution in [0.5, 0.6) is 0 Å². The van der Waals surface area contributed by atoms with E-state index in [0.717, 1.165) is 41.0 Å². The lowest BCUT2D eigenvalue weighted by molar-refractivity contribution is 0.568. The van der Waals surface area contributed by atoms with Gasteiger partial charge in [0, 0.05) is 11.4 Å². The van der Waals surface area contributed by atoms with Crippen molar-refractivity contribution in [2.45, 2.75) is 46.0 Å². The molecule has 0 saturated heterocycles. The number of aromatic nitrogens is 2. The molecule has 0 saturated carbocycles. The van der Waals surface area contributed by atoms with Crippen molar-refractivity contribution in [3.8, 4) is 22.5 Å². The van der Waals surface area contributed by atoms with E-state index in [1.807, 2.05) is 6.07 Å². The van der Waals surface area contributed by atoms with Crippen LogP contribution < -0.4 is 5.32 Å². The number of nitrogens with zero attached hydrogens (tertiary/aromatic N) is 2. The largest absolute Gasteiger partial charge is 0.472 e. The van der Waals surface area contributed by atoms with E-state index in [1.54, 1.807) is 23.9 Å². The molecule has 2 aromatic carbocycles. The number of rotatable bonds is 7. The summed E-state index contributed by atoms with van der Waals surface area (Å²) in [6.07, 6.45) is 5.38. The van der Waals surface area contributed by atoms with E-state index in [9.17, 15) is 0 Å². The molecule has 0 amide bonds. The minimum absolute atomic E-state index is 0.178. The van der Waals surface area contributed by atoms with Crippen molar-refractivity contribution in [1.82, 2.24) is 9.97 Å². The van der Waals surface area contributed by atoms with Gasteiger partial charge in [0.1, 0.15) is 16.9 Å². The van der Waals surface area contributed by atoms with Gasteiger partial charge in [0.05, 0.1) is 17.2 Å². The topological polar surface area (TPSA) is 51.0 Å². The van der Waals surface area contributed by atoms with Crippen molar-refractivity contribution in [2.75, 3.05) is 11.9 Å². The SMILES string of the molecule is Cc1cc2c(NCCCc3ccc(-c4ccc(C(C)(C)C)cc4)cc3)nc(-c3ccoc3)nc2s1. The Kier molecular flexibility index (Phi) is 6.44. The summed E-state index contributed by atoms with van der Waals surface area (Å²) in [5, 5.41) is 4.64. The summed E-state index contributed by atoms with van der Waals surface area (Å²) in [4.78, 5) is 11.8. The molecular weight excluding hydrogens is 450 g/mol. The van der Waals surface area contributed by atoms with E-state index < -0.39 is 0 Å². The van der Waals surface area contributed by atoms with Crippen LogP contribution in [0, 0.1) is 6.92 Å². The molecule has 0 atom stereocenters. The molecule has 35 heavy (non-hydrogen) atoms. The van der Waals surface area contributed by atoms with Gasteiger partial charge >= 0.3 is 0 Å². The summed E-state index contributed by atoms with van der Waals surface area (Å²) in [7, 11) is 0. The van der Waals surface area contributed by atoms with Gasteiger partial charge in [0.25, 0.3) is 0 Å². The van der Waals surface area contributed by atoms with E-state index >= 15 is 0 Å². The third-order valence-electron chi connectivity index (χ3n) is 6.27. The van der Waals surface area contributed by atoms with Gasteiger partial charge in [-0.2, -0.15) is 0 Å². The second-order valence-corrected chi connectivity index (χ2v) is 11.3. The highest BCUT2D eigenvalue weighted by atomic mass is 32.1. The number of anilines is 1.